The van der Waals surface area contributed by atoms with Crippen molar-refractivity contribution in [3.8, 4) is 5.75 Å². The third-order valence-corrected chi connectivity index (χ3v) is 5.80. The van der Waals surface area contributed by atoms with Gasteiger partial charge < -0.3 is 9.64 Å². The first kappa shape index (κ1) is 14.7. The molecule has 0 saturated carbocycles. The Morgan fingerprint density at radius 1 is 1.26 bits per heavy atom. The van der Waals surface area contributed by atoms with Crippen LogP contribution in [0.2, 0.25) is 0 Å². The average molecular weight is 328 g/mol. The van der Waals surface area contributed by atoms with Crippen molar-refractivity contribution in [2.24, 2.45) is 0 Å². The zero-order chi connectivity index (χ0) is 15.8. The van der Waals surface area contributed by atoms with Crippen molar-refractivity contribution in [1.29, 1.82) is 0 Å². The quantitative estimate of drug-likeness (QED) is 0.863. The summed E-state index contributed by atoms with van der Waals surface area (Å²) in [5.41, 5.74) is 0. The lowest BCUT2D eigenvalue weighted by Gasteiger charge is -2.38. The zero-order valence-corrected chi connectivity index (χ0v) is 14.0. The summed E-state index contributed by atoms with van der Waals surface area (Å²) in [4.78, 5) is 21.1. The Balaban J connectivity index is 1.47. The third kappa shape index (κ3) is 2.85. The molecule has 0 spiro atoms. The van der Waals surface area contributed by atoms with E-state index in [1.54, 1.807) is 23.7 Å². The Morgan fingerprint density at radius 2 is 2.04 bits per heavy atom. The molecule has 2 aromatic rings. The largest absolute Gasteiger partial charge is 0.489 e. The van der Waals surface area contributed by atoms with Crippen molar-refractivity contribution >= 4 is 17.2 Å². The van der Waals surface area contributed by atoms with Gasteiger partial charge in [0.25, 0.3) is 5.91 Å². The van der Waals surface area contributed by atoms with Crippen LogP contribution in [0.5, 0.6) is 5.75 Å². The topological polar surface area (TPSA) is 42.4 Å². The molecule has 1 amide bonds. The Bertz CT molecular complexity index is 686. The van der Waals surface area contributed by atoms with Crippen molar-refractivity contribution in [2.45, 2.75) is 50.8 Å². The normalized spacial score (nSPS) is 26.3. The van der Waals surface area contributed by atoms with E-state index in [0.29, 0.717) is 12.1 Å². The minimum atomic E-state index is 0.186. The highest BCUT2D eigenvalue weighted by Gasteiger charge is 2.44. The monoisotopic (exact) mass is 328 g/mol. The maximum Gasteiger partial charge on any atom is 0.264 e. The van der Waals surface area contributed by atoms with Gasteiger partial charge in [0.15, 0.2) is 0 Å². The number of fused-ring (bicyclic) bond motifs is 2. The van der Waals surface area contributed by atoms with Crippen LogP contribution in [0.25, 0.3) is 0 Å². The van der Waals surface area contributed by atoms with Gasteiger partial charge >= 0.3 is 0 Å². The Hall–Kier alpha value is -1.88. The van der Waals surface area contributed by atoms with Crippen molar-refractivity contribution < 1.29 is 9.53 Å². The van der Waals surface area contributed by atoms with E-state index in [0.717, 1.165) is 36.3 Å². The van der Waals surface area contributed by atoms with Crippen LogP contribution < -0.4 is 4.74 Å². The molecule has 2 aromatic heterocycles. The van der Waals surface area contributed by atoms with Gasteiger partial charge in [-0.05, 0) is 44.0 Å². The summed E-state index contributed by atoms with van der Waals surface area (Å²) in [7, 11) is 0. The molecule has 0 N–H and O–H groups in total. The van der Waals surface area contributed by atoms with Crippen LogP contribution in [0.4, 0.5) is 0 Å². The van der Waals surface area contributed by atoms with Crippen LogP contribution >= 0.6 is 11.3 Å². The molecule has 4 nitrogen and oxygen atoms in total. The summed E-state index contributed by atoms with van der Waals surface area (Å²) in [6.45, 7) is 2.05. The molecule has 2 atom stereocenters. The van der Waals surface area contributed by atoms with E-state index in [1.807, 2.05) is 31.2 Å². The van der Waals surface area contributed by atoms with Crippen LogP contribution in [0.1, 0.15) is 40.2 Å². The lowest BCUT2D eigenvalue weighted by molar-refractivity contribution is 0.0362. The minimum Gasteiger partial charge on any atom is -0.489 e. The highest BCUT2D eigenvalue weighted by atomic mass is 32.1. The van der Waals surface area contributed by atoms with E-state index in [4.69, 9.17) is 4.74 Å². The number of thiophene rings is 1. The van der Waals surface area contributed by atoms with E-state index in [-0.39, 0.29) is 12.0 Å². The van der Waals surface area contributed by atoms with Crippen LogP contribution in [-0.2, 0) is 0 Å². The average Bonchev–Trinajstić information content (AvgIpc) is 3.10. The highest BCUT2D eigenvalue weighted by molar-refractivity contribution is 7.13. The molecule has 2 aliphatic rings. The minimum absolute atomic E-state index is 0.186. The first-order valence-corrected chi connectivity index (χ1v) is 8.98. The first-order chi connectivity index (χ1) is 11.2. The van der Waals surface area contributed by atoms with Crippen molar-refractivity contribution in [1.82, 2.24) is 9.88 Å². The van der Waals surface area contributed by atoms with E-state index in [2.05, 4.69) is 9.88 Å². The summed E-state index contributed by atoms with van der Waals surface area (Å²) >= 11 is 1.59. The number of pyridine rings is 1. The maximum absolute atomic E-state index is 12.8. The van der Waals surface area contributed by atoms with Gasteiger partial charge in [0.05, 0.1) is 11.1 Å². The fourth-order valence-corrected chi connectivity index (χ4v) is 4.65. The van der Waals surface area contributed by atoms with Gasteiger partial charge in [0.2, 0.25) is 0 Å². The number of aryl methyl sites for hydroxylation is 1. The SMILES string of the molecule is Cc1ccc(C(=O)N2C3CCC2CC(Oc2cccnc2)C3)s1. The van der Waals surface area contributed by atoms with Crippen molar-refractivity contribution in [2.75, 3.05) is 0 Å². The van der Waals surface area contributed by atoms with Gasteiger partial charge in [-0.25, -0.2) is 0 Å². The van der Waals surface area contributed by atoms with Crippen LogP contribution in [0.15, 0.2) is 36.7 Å². The van der Waals surface area contributed by atoms with Crippen molar-refractivity contribution in [3.05, 3.63) is 46.4 Å². The first-order valence-electron chi connectivity index (χ1n) is 8.16. The summed E-state index contributed by atoms with van der Waals surface area (Å²) < 4.78 is 6.08. The maximum atomic E-state index is 12.8. The molecule has 5 heteroatoms. The number of nitrogens with zero attached hydrogens (tertiary/aromatic N) is 2. The van der Waals surface area contributed by atoms with Crippen LogP contribution in [-0.4, -0.2) is 34.0 Å². The molecule has 0 aliphatic carbocycles. The van der Waals surface area contributed by atoms with E-state index in [1.165, 1.54) is 4.88 Å². The standard InChI is InChI=1S/C18H20N2O2S/c1-12-4-7-17(23-12)18(21)20-13-5-6-14(20)10-16(9-13)22-15-3-2-8-19-11-15/h2-4,7-8,11,13-14,16H,5-6,9-10H2,1H3. The Kier molecular flexibility index (Phi) is 3.81. The number of carbonyl (C=O) groups excluding carboxylic acids is 1. The fraction of sp³-hybridized carbons (Fsp3) is 0.444. The number of carbonyl (C=O) groups is 1. The van der Waals surface area contributed by atoms with E-state index >= 15 is 0 Å². The molecule has 23 heavy (non-hydrogen) atoms. The van der Waals surface area contributed by atoms with Gasteiger partial charge in [0, 0.05) is 36.0 Å². The molecule has 0 aromatic carbocycles. The smallest absolute Gasteiger partial charge is 0.264 e. The molecule has 2 aliphatic heterocycles. The molecule has 4 heterocycles. The molecule has 0 radical (unpaired) electrons. The van der Waals surface area contributed by atoms with Crippen molar-refractivity contribution in [3.63, 3.8) is 0 Å². The molecule has 4 rings (SSSR count). The van der Waals surface area contributed by atoms with Gasteiger partial charge in [-0.2, -0.15) is 0 Å². The molecule has 120 valence electrons. The molecule has 2 bridgehead atoms. The number of amides is 1. The summed E-state index contributed by atoms with van der Waals surface area (Å²) in [5.74, 6) is 1.03. The second-order valence-corrected chi connectivity index (χ2v) is 7.70. The van der Waals surface area contributed by atoms with Gasteiger partial charge in [-0.3, -0.25) is 9.78 Å². The second-order valence-electron chi connectivity index (χ2n) is 6.41. The predicted octanol–water partition coefficient (Wildman–Crippen LogP) is 3.67. The molecular formula is C18H20N2O2S. The molecule has 2 fully saturated rings. The highest BCUT2D eigenvalue weighted by Crippen LogP contribution is 2.38. The van der Waals surface area contributed by atoms with Gasteiger partial charge in [-0.1, -0.05) is 0 Å². The number of aromatic nitrogens is 1. The zero-order valence-electron chi connectivity index (χ0n) is 13.1. The van der Waals surface area contributed by atoms with Gasteiger partial charge in [-0.15, -0.1) is 11.3 Å². The van der Waals surface area contributed by atoms with Crippen LogP contribution in [0.3, 0.4) is 0 Å². The van der Waals surface area contributed by atoms with E-state index in [9.17, 15) is 4.79 Å². The second kappa shape index (κ2) is 5.96. The third-order valence-electron chi connectivity index (χ3n) is 4.81. The fourth-order valence-electron chi connectivity index (χ4n) is 3.84. The Labute approximate surface area is 140 Å². The molecule has 2 unspecified atom stereocenters. The molecular weight excluding hydrogens is 308 g/mol. The lowest BCUT2D eigenvalue weighted by Crippen LogP contribution is -2.49. The number of piperidine rings is 1. The Morgan fingerprint density at radius 3 is 2.65 bits per heavy atom. The molecule has 2 saturated heterocycles. The van der Waals surface area contributed by atoms with E-state index < -0.39 is 0 Å². The number of ether oxygens (including phenoxy) is 1. The predicted molar refractivity (Wildman–Crippen MR) is 89.9 cm³/mol. The summed E-state index contributed by atoms with van der Waals surface area (Å²) in [5, 5.41) is 0. The lowest BCUT2D eigenvalue weighted by atomic mass is 9.99. The number of hydrogen-bond acceptors (Lipinski definition) is 4. The summed E-state index contributed by atoms with van der Waals surface area (Å²) in [6, 6.07) is 8.44. The van der Waals surface area contributed by atoms with Gasteiger partial charge in [0.1, 0.15) is 11.9 Å². The van der Waals surface area contributed by atoms with Crippen LogP contribution in [0, 0.1) is 6.92 Å². The summed E-state index contributed by atoms with van der Waals surface area (Å²) in [6.07, 6.45) is 7.71. The number of hydrogen-bond donors (Lipinski definition) is 0. The number of rotatable bonds is 3.